The van der Waals surface area contributed by atoms with Crippen LogP contribution < -0.4 is 10.6 Å². The van der Waals surface area contributed by atoms with Crippen molar-refractivity contribution < 1.29 is 9.53 Å². The minimum atomic E-state index is -0.416. The summed E-state index contributed by atoms with van der Waals surface area (Å²) in [4.78, 5) is 20.2. The van der Waals surface area contributed by atoms with Crippen LogP contribution in [0.5, 0.6) is 0 Å². The van der Waals surface area contributed by atoms with Gasteiger partial charge in [0.2, 0.25) is 5.95 Å². The summed E-state index contributed by atoms with van der Waals surface area (Å²) in [7, 11) is 1.33. The number of rotatable bonds is 5. The van der Waals surface area contributed by atoms with Gasteiger partial charge in [-0.2, -0.15) is 4.98 Å². The Labute approximate surface area is 160 Å². The molecule has 0 atom stereocenters. The van der Waals surface area contributed by atoms with Crippen molar-refractivity contribution in [3.63, 3.8) is 0 Å². The van der Waals surface area contributed by atoms with E-state index in [1.807, 2.05) is 0 Å². The molecule has 2 aromatic carbocycles. The van der Waals surface area contributed by atoms with Gasteiger partial charge < -0.3 is 15.4 Å². The lowest BCUT2D eigenvalue weighted by atomic mass is 10.2. The van der Waals surface area contributed by atoms with Gasteiger partial charge in [0, 0.05) is 16.9 Å². The molecule has 0 radical (unpaired) electrons. The summed E-state index contributed by atoms with van der Waals surface area (Å²) in [5.74, 6) is 0.478. The normalized spacial score (nSPS) is 10.3. The van der Waals surface area contributed by atoms with E-state index < -0.39 is 5.97 Å². The van der Waals surface area contributed by atoms with Crippen LogP contribution in [-0.2, 0) is 4.74 Å². The van der Waals surface area contributed by atoms with Crippen LogP contribution in [0.2, 0.25) is 10.0 Å². The maximum Gasteiger partial charge on any atom is 0.337 e. The van der Waals surface area contributed by atoms with Crippen LogP contribution in [0, 0.1) is 0 Å². The highest BCUT2D eigenvalue weighted by atomic mass is 35.5. The first-order valence-corrected chi connectivity index (χ1v) is 8.31. The molecule has 0 aliphatic heterocycles. The fraction of sp³-hybridized carbons (Fsp3) is 0.0556. The quantitative estimate of drug-likeness (QED) is 0.595. The number of anilines is 4. The Morgan fingerprint density at radius 2 is 1.92 bits per heavy atom. The summed E-state index contributed by atoms with van der Waals surface area (Å²) < 4.78 is 4.72. The third-order valence-corrected chi connectivity index (χ3v) is 3.95. The largest absolute Gasteiger partial charge is 0.465 e. The average Bonchev–Trinajstić information content (AvgIpc) is 2.64. The number of halogens is 2. The molecule has 0 saturated carbocycles. The predicted octanol–water partition coefficient (Wildman–Crippen LogP) is 5.06. The zero-order valence-corrected chi connectivity index (χ0v) is 15.2. The maximum atomic E-state index is 11.6. The number of nitrogens with one attached hydrogen (secondary N) is 2. The standard InChI is InChI=1S/C18H14Cl2N4O2/c1-26-17(25)11-3-2-4-13(9-11)22-18-21-8-7-16(24-18)23-15-10-12(19)5-6-14(15)20/h2-10H,1H3,(H2,21,22,23,24). The molecule has 132 valence electrons. The summed E-state index contributed by atoms with van der Waals surface area (Å²) >= 11 is 12.1. The lowest BCUT2D eigenvalue weighted by molar-refractivity contribution is 0.0601. The first kappa shape index (κ1) is 18.0. The van der Waals surface area contributed by atoms with Crippen LogP contribution in [0.3, 0.4) is 0 Å². The number of hydrogen-bond acceptors (Lipinski definition) is 6. The smallest absolute Gasteiger partial charge is 0.337 e. The van der Waals surface area contributed by atoms with Gasteiger partial charge in [0.05, 0.1) is 23.4 Å². The second kappa shape index (κ2) is 8.03. The molecule has 1 heterocycles. The Morgan fingerprint density at radius 3 is 2.73 bits per heavy atom. The number of carbonyl (C=O) groups is 1. The van der Waals surface area contributed by atoms with Crippen molar-refractivity contribution in [3.05, 3.63) is 70.3 Å². The number of esters is 1. The number of carbonyl (C=O) groups excluding carboxylic acids is 1. The average molecular weight is 389 g/mol. The first-order chi connectivity index (χ1) is 12.5. The third kappa shape index (κ3) is 4.41. The number of nitrogens with zero attached hydrogens (tertiary/aromatic N) is 2. The summed E-state index contributed by atoms with van der Waals surface area (Å²) in [5.41, 5.74) is 1.72. The number of methoxy groups -OCH3 is 1. The lowest BCUT2D eigenvalue weighted by Gasteiger charge is -2.10. The van der Waals surface area contributed by atoms with Gasteiger partial charge in [0.15, 0.2) is 0 Å². The van der Waals surface area contributed by atoms with E-state index in [9.17, 15) is 4.79 Å². The molecule has 0 bridgehead atoms. The minimum Gasteiger partial charge on any atom is -0.465 e. The second-order valence-corrected chi connectivity index (χ2v) is 6.06. The Balaban J connectivity index is 1.79. The van der Waals surface area contributed by atoms with Gasteiger partial charge in [-0.1, -0.05) is 29.3 Å². The number of aromatic nitrogens is 2. The lowest BCUT2D eigenvalue weighted by Crippen LogP contribution is -2.03. The first-order valence-electron chi connectivity index (χ1n) is 7.55. The molecule has 0 fully saturated rings. The maximum absolute atomic E-state index is 11.6. The van der Waals surface area contributed by atoms with E-state index in [0.717, 1.165) is 0 Å². The Kier molecular flexibility index (Phi) is 5.55. The van der Waals surface area contributed by atoms with E-state index in [1.165, 1.54) is 7.11 Å². The molecular formula is C18H14Cl2N4O2. The fourth-order valence-electron chi connectivity index (χ4n) is 2.19. The van der Waals surface area contributed by atoms with Crippen molar-refractivity contribution in [3.8, 4) is 0 Å². The molecule has 0 aliphatic carbocycles. The summed E-state index contributed by atoms with van der Waals surface area (Å²) in [6.07, 6.45) is 1.60. The monoisotopic (exact) mass is 388 g/mol. The van der Waals surface area contributed by atoms with Gasteiger partial charge in [-0.05, 0) is 42.5 Å². The van der Waals surface area contributed by atoms with Crippen molar-refractivity contribution >= 4 is 52.3 Å². The third-order valence-electron chi connectivity index (χ3n) is 3.39. The predicted molar refractivity (Wildman–Crippen MR) is 103 cm³/mol. The van der Waals surface area contributed by atoms with Gasteiger partial charge in [-0.3, -0.25) is 0 Å². The highest BCUT2D eigenvalue weighted by Crippen LogP contribution is 2.28. The fourth-order valence-corrected chi connectivity index (χ4v) is 2.53. The van der Waals surface area contributed by atoms with Gasteiger partial charge in [-0.25, -0.2) is 9.78 Å². The molecule has 6 nitrogen and oxygen atoms in total. The summed E-state index contributed by atoms with van der Waals surface area (Å²) in [6.45, 7) is 0. The van der Waals surface area contributed by atoms with Gasteiger partial charge >= 0.3 is 5.97 Å². The van der Waals surface area contributed by atoms with Crippen LogP contribution in [0.25, 0.3) is 0 Å². The highest BCUT2D eigenvalue weighted by molar-refractivity contribution is 6.35. The molecular weight excluding hydrogens is 375 g/mol. The second-order valence-electron chi connectivity index (χ2n) is 5.21. The van der Waals surface area contributed by atoms with Crippen LogP contribution in [-0.4, -0.2) is 23.0 Å². The molecule has 3 aromatic rings. The van der Waals surface area contributed by atoms with Crippen molar-refractivity contribution in [1.82, 2.24) is 9.97 Å². The van der Waals surface area contributed by atoms with E-state index in [0.29, 0.717) is 38.7 Å². The Morgan fingerprint density at radius 1 is 1.08 bits per heavy atom. The molecule has 0 amide bonds. The van der Waals surface area contributed by atoms with E-state index >= 15 is 0 Å². The Bertz CT molecular complexity index is 950. The van der Waals surface area contributed by atoms with Crippen LogP contribution >= 0.6 is 23.2 Å². The number of benzene rings is 2. The molecule has 2 N–H and O–H groups in total. The SMILES string of the molecule is COC(=O)c1cccc(Nc2nccc(Nc3cc(Cl)ccc3Cl)n2)c1. The summed E-state index contributed by atoms with van der Waals surface area (Å²) in [6, 6.07) is 13.7. The molecule has 0 spiro atoms. The van der Waals surface area contributed by atoms with E-state index in [4.69, 9.17) is 27.9 Å². The number of ether oxygens (including phenoxy) is 1. The Hall–Kier alpha value is -2.83. The topological polar surface area (TPSA) is 76.1 Å². The zero-order valence-electron chi connectivity index (χ0n) is 13.7. The molecule has 1 aromatic heterocycles. The van der Waals surface area contributed by atoms with Gasteiger partial charge in [0.1, 0.15) is 5.82 Å². The van der Waals surface area contributed by atoms with Crippen molar-refractivity contribution in [2.75, 3.05) is 17.7 Å². The van der Waals surface area contributed by atoms with Gasteiger partial charge in [-0.15, -0.1) is 0 Å². The van der Waals surface area contributed by atoms with E-state index in [2.05, 4.69) is 20.6 Å². The van der Waals surface area contributed by atoms with Gasteiger partial charge in [0.25, 0.3) is 0 Å². The highest BCUT2D eigenvalue weighted by Gasteiger charge is 2.08. The van der Waals surface area contributed by atoms with E-state index in [1.54, 1.807) is 54.7 Å². The van der Waals surface area contributed by atoms with Crippen molar-refractivity contribution in [2.24, 2.45) is 0 Å². The molecule has 26 heavy (non-hydrogen) atoms. The number of hydrogen-bond donors (Lipinski definition) is 2. The minimum absolute atomic E-state index is 0.357. The van der Waals surface area contributed by atoms with Crippen LogP contribution in [0.4, 0.5) is 23.1 Å². The molecule has 0 saturated heterocycles. The van der Waals surface area contributed by atoms with Crippen LogP contribution in [0.1, 0.15) is 10.4 Å². The molecule has 8 heteroatoms. The van der Waals surface area contributed by atoms with Crippen molar-refractivity contribution in [2.45, 2.75) is 0 Å². The van der Waals surface area contributed by atoms with Crippen molar-refractivity contribution in [1.29, 1.82) is 0 Å². The molecule has 3 rings (SSSR count). The van der Waals surface area contributed by atoms with Crippen LogP contribution in [0.15, 0.2) is 54.7 Å². The molecule has 0 aliphatic rings. The molecule has 0 unspecified atom stereocenters. The zero-order chi connectivity index (χ0) is 18.5. The summed E-state index contributed by atoms with van der Waals surface area (Å²) in [5, 5.41) is 7.22. The van der Waals surface area contributed by atoms with E-state index in [-0.39, 0.29) is 0 Å².